The van der Waals surface area contributed by atoms with Gasteiger partial charge in [0.1, 0.15) is 0 Å². The van der Waals surface area contributed by atoms with Gasteiger partial charge in [-0.2, -0.15) is 0 Å². The number of hydrogen-bond donors (Lipinski definition) is 2. The summed E-state index contributed by atoms with van der Waals surface area (Å²) in [4.78, 5) is 27.0. The molecule has 1 aromatic heterocycles. The van der Waals surface area contributed by atoms with Crippen molar-refractivity contribution in [3.05, 3.63) is 59.9 Å². The maximum Gasteiger partial charge on any atom is 0.309 e. The zero-order valence-electron chi connectivity index (χ0n) is 17.3. The monoisotopic (exact) mass is 396 g/mol. The van der Waals surface area contributed by atoms with E-state index < -0.39 is 11.8 Å². The van der Waals surface area contributed by atoms with E-state index >= 15 is 0 Å². The molecule has 2 heterocycles. The lowest BCUT2D eigenvalue weighted by Crippen LogP contribution is -2.45. The van der Waals surface area contributed by atoms with E-state index in [4.69, 9.17) is 0 Å². The van der Waals surface area contributed by atoms with E-state index in [9.17, 15) is 9.59 Å². The van der Waals surface area contributed by atoms with E-state index in [1.807, 2.05) is 49.6 Å². The zero-order chi connectivity index (χ0) is 20.5. The molecule has 6 heteroatoms. The smallest absolute Gasteiger partial charge is 0.309 e. The van der Waals surface area contributed by atoms with Crippen LogP contribution in [-0.4, -0.2) is 47.5 Å². The van der Waals surface area contributed by atoms with Crippen LogP contribution in [0.25, 0.3) is 0 Å². The van der Waals surface area contributed by atoms with Crippen LogP contribution < -0.4 is 10.6 Å². The van der Waals surface area contributed by atoms with E-state index in [0.717, 1.165) is 24.3 Å². The molecule has 1 atom stereocenters. The molecule has 0 spiro atoms. The summed E-state index contributed by atoms with van der Waals surface area (Å²) in [6.45, 7) is 2.93. The lowest BCUT2D eigenvalue weighted by molar-refractivity contribution is -0.139. The summed E-state index contributed by atoms with van der Waals surface area (Å²) in [5.41, 5.74) is 2.30. The topological polar surface area (TPSA) is 66.4 Å². The molecule has 2 aromatic rings. The fourth-order valence-electron chi connectivity index (χ4n) is 3.96. The highest BCUT2D eigenvalue weighted by Crippen LogP contribution is 2.23. The van der Waals surface area contributed by atoms with Gasteiger partial charge in [-0.05, 0) is 50.0 Å². The van der Waals surface area contributed by atoms with Gasteiger partial charge in [0.2, 0.25) is 0 Å². The van der Waals surface area contributed by atoms with Crippen molar-refractivity contribution in [1.82, 2.24) is 20.1 Å². The Kier molecular flexibility index (Phi) is 7.87. The highest BCUT2D eigenvalue weighted by Gasteiger charge is 2.25. The first-order valence-corrected chi connectivity index (χ1v) is 10.6. The average molecular weight is 397 g/mol. The number of likely N-dealkylation sites (tertiary alicyclic amines) is 1. The van der Waals surface area contributed by atoms with E-state index in [2.05, 4.69) is 26.2 Å². The molecule has 29 heavy (non-hydrogen) atoms. The predicted molar refractivity (Wildman–Crippen MR) is 114 cm³/mol. The Morgan fingerprint density at radius 2 is 1.62 bits per heavy atom. The van der Waals surface area contributed by atoms with E-state index in [1.54, 1.807) is 0 Å². The Bertz CT molecular complexity index is 779. The number of nitrogens with one attached hydrogen (secondary N) is 2. The Labute approximate surface area is 173 Å². The van der Waals surface area contributed by atoms with Crippen LogP contribution in [0.3, 0.4) is 0 Å². The van der Waals surface area contributed by atoms with Crippen molar-refractivity contribution in [2.75, 3.05) is 26.2 Å². The number of hydrogen-bond acceptors (Lipinski definition) is 3. The summed E-state index contributed by atoms with van der Waals surface area (Å²) in [5, 5.41) is 5.58. The summed E-state index contributed by atoms with van der Waals surface area (Å²) >= 11 is 0. The van der Waals surface area contributed by atoms with Crippen LogP contribution in [0.15, 0.2) is 48.7 Å². The maximum absolute atomic E-state index is 12.3. The number of carbonyl (C=O) groups excluding carboxylic acids is 2. The molecule has 6 nitrogen and oxygen atoms in total. The SMILES string of the molecule is Cn1cccc1C(CNC(=O)C(=O)NCCc1ccccc1)N1CCCCCC1. The summed E-state index contributed by atoms with van der Waals surface area (Å²) in [7, 11) is 2.03. The highest BCUT2D eigenvalue weighted by atomic mass is 16.2. The van der Waals surface area contributed by atoms with Crippen LogP contribution in [0.2, 0.25) is 0 Å². The van der Waals surface area contributed by atoms with Crippen molar-refractivity contribution in [3.8, 4) is 0 Å². The lowest BCUT2D eigenvalue weighted by atomic mass is 10.1. The molecule has 0 saturated carbocycles. The van der Waals surface area contributed by atoms with Crippen LogP contribution >= 0.6 is 0 Å². The van der Waals surface area contributed by atoms with E-state index in [-0.39, 0.29) is 6.04 Å². The first kappa shape index (κ1) is 21.1. The van der Waals surface area contributed by atoms with Gasteiger partial charge >= 0.3 is 11.8 Å². The van der Waals surface area contributed by atoms with Gasteiger partial charge < -0.3 is 15.2 Å². The third-order valence-corrected chi connectivity index (χ3v) is 5.61. The van der Waals surface area contributed by atoms with Gasteiger partial charge in [-0.3, -0.25) is 14.5 Å². The molecule has 2 amide bonds. The van der Waals surface area contributed by atoms with Gasteiger partial charge in [0.05, 0.1) is 6.04 Å². The van der Waals surface area contributed by atoms with Gasteiger partial charge in [0.15, 0.2) is 0 Å². The number of aryl methyl sites for hydroxylation is 1. The molecule has 1 fully saturated rings. The lowest BCUT2D eigenvalue weighted by Gasteiger charge is -2.31. The van der Waals surface area contributed by atoms with Gasteiger partial charge in [-0.15, -0.1) is 0 Å². The van der Waals surface area contributed by atoms with Crippen LogP contribution in [0.1, 0.15) is 43.0 Å². The third-order valence-electron chi connectivity index (χ3n) is 5.61. The Morgan fingerprint density at radius 3 is 2.28 bits per heavy atom. The number of amides is 2. The molecule has 0 bridgehead atoms. The number of nitrogens with zero attached hydrogens (tertiary/aromatic N) is 2. The van der Waals surface area contributed by atoms with Gasteiger partial charge in [-0.1, -0.05) is 43.2 Å². The fourth-order valence-corrected chi connectivity index (χ4v) is 3.96. The van der Waals surface area contributed by atoms with Crippen molar-refractivity contribution >= 4 is 11.8 Å². The van der Waals surface area contributed by atoms with Crippen molar-refractivity contribution in [2.24, 2.45) is 7.05 Å². The summed E-state index contributed by atoms with van der Waals surface area (Å²) in [6.07, 6.45) is 7.60. The van der Waals surface area contributed by atoms with Crippen molar-refractivity contribution < 1.29 is 9.59 Å². The first-order valence-electron chi connectivity index (χ1n) is 10.6. The number of carbonyl (C=O) groups is 2. The number of benzene rings is 1. The second kappa shape index (κ2) is 10.8. The molecule has 0 radical (unpaired) electrons. The molecule has 3 rings (SSSR count). The zero-order valence-corrected chi connectivity index (χ0v) is 17.3. The maximum atomic E-state index is 12.3. The van der Waals surface area contributed by atoms with Crippen LogP contribution in [-0.2, 0) is 23.1 Å². The van der Waals surface area contributed by atoms with E-state index in [1.165, 1.54) is 25.7 Å². The predicted octanol–water partition coefficient (Wildman–Crippen LogP) is 2.42. The van der Waals surface area contributed by atoms with Crippen molar-refractivity contribution in [2.45, 2.75) is 38.1 Å². The summed E-state index contributed by atoms with van der Waals surface area (Å²) < 4.78 is 2.10. The molecule has 1 aliphatic heterocycles. The molecule has 0 aliphatic carbocycles. The van der Waals surface area contributed by atoms with Gasteiger partial charge in [0, 0.05) is 32.0 Å². The third kappa shape index (κ3) is 6.19. The number of rotatable bonds is 7. The Morgan fingerprint density at radius 1 is 0.931 bits per heavy atom. The molecule has 2 N–H and O–H groups in total. The second-order valence-electron chi connectivity index (χ2n) is 7.71. The molecular weight excluding hydrogens is 364 g/mol. The molecule has 1 unspecified atom stereocenters. The summed E-state index contributed by atoms with van der Waals surface area (Å²) in [5.74, 6) is -1.13. The minimum absolute atomic E-state index is 0.0779. The van der Waals surface area contributed by atoms with Gasteiger partial charge in [-0.25, -0.2) is 0 Å². The average Bonchev–Trinajstić information content (AvgIpc) is 2.99. The summed E-state index contributed by atoms with van der Waals surface area (Å²) in [6, 6.07) is 14.1. The normalized spacial score (nSPS) is 16.0. The van der Waals surface area contributed by atoms with Crippen LogP contribution in [0, 0.1) is 0 Å². The second-order valence-corrected chi connectivity index (χ2v) is 7.71. The largest absolute Gasteiger partial charge is 0.353 e. The Balaban J connectivity index is 1.53. The van der Waals surface area contributed by atoms with Gasteiger partial charge in [0.25, 0.3) is 0 Å². The first-order chi connectivity index (χ1) is 14.1. The quantitative estimate of drug-likeness (QED) is 0.707. The minimum Gasteiger partial charge on any atom is -0.353 e. The van der Waals surface area contributed by atoms with Crippen LogP contribution in [0.5, 0.6) is 0 Å². The van der Waals surface area contributed by atoms with Crippen molar-refractivity contribution in [1.29, 1.82) is 0 Å². The van der Waals surface area contributed by atoms with E-state index in [0.29, 0.717) is 19.5 Å². The van der Waals surface area contributed by atoms with Crippen LogP contribution in [0.4, 0.5) is 0 Å². The standard InChI is InChI=1S/C23H32N4O2/c1-26-15-9-12-20(26)21(27-16-7-2-3-8-17-27)18-25-23(29)22(28)24-14-13-19-10-5-4-6-11-19/h4-6,9-12,15,21H,2-3,7-8,13-14,16-18H2,1H3,(H,24,28)(H,25,29). The molecule has 156 valence electrons. The molecule has 1 aromatic carbocycles. The molecule has 1 saturated heterocycles. The minimum atomic E-state index is -0.567. The molecular formula is C23H32N4O2. The molecule has 1 aliphatic rings. The number of aromatic nitrogens is 1. The van der Waals surface area contributed by atoms with Crippen molar-refractivity contribution in [3.63, 3.8) is 0 Å². The fraction of sp³-hybridized carbons (Fsp3) is 0.478. The highest BCUT2D eigenvalue weighted by molar-refractivity contribution is 6.35. The Hall–Kier alpha value is -2.60.